The van der Waals surface area contributed by atoms with E-state index in [2.05, 4.69) is 35.5 Å². The largest absolute Gasteiger partial charge is 0.416 e. The molecular weight excluding hydrogens is 450 g/mol. The van der Waals surface area contributed by atoms with E-state index in [1.807, 2.05) is 0 Å². The topological polar surface area (TPSA) is 88.3 Å². The van der Waals surface area contributed by atoms with Crippen LogP contribution in [0.15, 0.2) is 77.5 Å². The van der Waals surface area contributed by atoms with Crippen LogP contribution in [-0.4, -0.2) is 19.9 Å². The molecule has 0 aliphatic rings. The summed E-state index contributed by atoms with van der Waals surface area (Å²) in [6, 6.07) is 9.85. The van der Waals surface area contributed by atoms with E-state index in [-0.39, 0.29) is 23.9 Å². The fraction of sp³-hybridized carbons (Fsp3) is 0.130. The van der Waals surface area contributed by atoms with Crippen molar-refractivity contribution in [3.63, 3.8) is 0 Å². The average Bonchev–Trinajstić information content (AvgIpc) is 2.81. The Labute approximate surface area is 191 Å². The van der Waals surface area contributed by atoms with Crippen LogP contribution in [0.5, 0.6) is 0 Å². The first kappa shape index (κ1) is 22.9. The predicted octanol–water partition coefficient (Wildman–Crippen LogP) is 6.43. The van der Waals surface area contributed by atoms with Crippen LogP contribution in [0.4, 0.5) is 34.9 Å². The second kappa shape index (κ2) is 9.69. The van der Waals surface area contributed by atoms with Crippen LogP contribution in [0.3, 0.4) is 0 Å². The molecule has 11 heteroatoms. The van der Waals surface area contributed by atoms with Crippen molar-refractivity contribution in [3.05, 3.63) is 89.9 Å². The molecular formula is C23H17F4N7. The molecule has 0 bridgehead atoms. The van der Waals surface area contributed by atoms with E-state index in [1.54, 1.807) is 37.5 Å². The molecule has 3 heterocycles. The molecule has 4 rings (SSSR count). The number of aryl methyl sites for hydroxylation is 1. The van der Waals surface area contributed by atoms with E-state index < -0.39 is 17.6 Å². The summed E-state index contributed by atoms with van der Waals surface area (Å²) in [5.41, 5.74) is 2.06. The summed E-state index contributed by atoms with van der Waals surface area (Å²) in [6.45, 7) is 1.90. The normalized spacial score (nSPS) is 11.7. The Morgan fingerprint density at radius 2 is 1.82 bits per heavy atom. The number of alkyl halides is 3. The minimum Gasteiger partial charge on any atom is -0.354 e. The first-order chi connectivity index (χ1) is 16.3. The number of hydrogen-bond acceptors (Lipinski definition) is 7. The molecule has 4 aromatic rings. The molecule has 0 radical (unpaired) electrons. The minimum atomic E-state index is -4.42. The van der Waals surface area contributed by atoms with Crippen molar-refractivity contribution in [1.29, 1.82) is 0 Å². The van der Waals surface area contributed by atoms with E-state index in [0.717, 1.165) is 23.9 Å². The van der Waals surface area contributed by atoms with E-state index in [9.17, 15) is 17.6 Å². The summed E-state index contributed by atoms with van der Waals surface area (Å²) < 4.78 is 52.8. The Hall–Kier alpha value is -4.28. The quantitative estimate of drug-likeness (QED) is 0.261. The number of benzene rings is 1. The van der Waals surface area contributed by atoms with Gasteiger partial charge in [0.25, 0.3) is 5.95 Å². The lowest BCUT2D eigenvalue weighted by Gasteiger charge is -2.10. The molecule has 1 aromatic carbocycles. The molecule has 0 unspecified atom stereocenters. The molecule has 0 aliphatic carbocycles. The smallest absolute Gasteiger partial charge is 0.354 e. The molecule has 1 N–H and O–H groups in total. The van der Waals surface area contributed by atoms with E-state index >= 15 is 0 Å². The number of nitrogens with one attached hydrogen (secondary N) is 1. The van der Waals surface area contributed by atoms with Gasteiger partial charge in [0.1, 0.15) is 12.2 Å². The summed E-state index contributed by atoms with van der Waals surface area (Å²) in [5.74, 6) is -0.589. The van der Waals surface area contributed by atoms with Crippen molar-refractivity contribution >= 4 is 17.3 Å². The van der Waals surface area contributed by atoms with Gasteiger partial charge in [-0.2, -0.15) is 18.3 Å². The fourth-order valence-electron chi connectivity index (χ4n) is 3.04. The Balaban J connectivity index is 1.42. The monoisotopic (exact) mass is 467 g/mol. The van der Waals surface area contributed by atoms with Crippen molar-refractivity contribution < 1.29 is 17.6 Å². The number of aromatic nitrogens is 4. The lowest BCUT2D eigenvalue weighted by Crippen LogP contribution is -2.05. The van der Waals surface area contributed by atoms with Gasteiger partial charge >= 0.3 is 6.18 Å². The maximum Gasteiger partial charge on any atom is 0.416 e. The highest BCUT2D eigenvalue weighted by atomic mass is 19.4. The Morgan fingerprint density at radius 1 is 0.971 bits per heavy atom. The van der Waals surface area contributed by atoms with Gasteiger partial charge in [0, 0.05) is 23.6 Å². The molecule has 0 atom stereocenters. The summed E-state index contributed by atoms with van der Waals surface area (Å²) in [7, 11) is 0. The lowest BCUT2D eigenvalue weighted by molar-refractivity contribution is -0.137. The van der Waals surface area contributed by atoms with Crippen molar-refractivity contribution in [2.75, 3.05) is 5.32 Å². The van der Waals surface area contributed by atoms with Gasteiger partial charge in [-0.1, -0.05) is 6.07 Å². The van der Waals surface area contributed by atoms with Gasteiger partial charge in [-0.15, -0.1) is 5.11 Å². The van der Waals surface area contributed by atoms with Crippen LogP contribution >= 0.6 is 0 Å². The maximum atomic E-state index is 14.2. The molecule has 3 aromatic heterocycles. The fourth-order valence-corrected chi connectivity index (χ4v) is 3.04. The number of halogens is 4. The van der Waals surface area contributed by atoms with E-state index in [0.29, 0.717) is 16.9 Å². The van der Waals surface area contributed by atoms with Gasteiger partial charge in [0.15, 0.2) is 5.82 Å². The minimum absolute atomic E-state index is 0.00422. The van der Waals surface area contributed by atoms with Crippen LogP contribution in [0, 0.1) is 12.7 Å². The van der Waals surface area contributed by atoms with Crippen LogP contribution in [-0.2, 0) is 12.7 Å². The first-order valence-electron chi connectivity index (χ1n) is 10.00. The van der Waals surface area contributed by atoms with Crippen molar-refractivity contribution in [2.45, 2.75) is 19.6 Å². The predicted molar refractivity (Wildman–Crippen MR) is 117 cm³/mol. The second-order valence-corrected chi connectivity index (χ2v) is 7.20. The Morgan fingerprint density at radius 3 is 2.56 bits per heavy atom. The van der Waals surface area contributed by atoms with Gasteiger partial charge in [0.05, 0.1) is 29.3 Å². The molecule has 34 heavy (non-hydrogen) atoms. The molecule has 0 saturated carbocycles. The number of pyridine rings is 2. The van der Waals surface area contributed by atoms with E-state index in [1.165, 1.54) is 18.3 Å². The van der Waals surface area contributed by atoms with Crippen molar-refractivity contribution in [3.8, 4) is 11.3 Å². The number of anilines is 2. The molecule has 0 aliphatic heterocycles. The van der Waals surface area contributed by atoms with Crippen LogP contribution in [0.1, 0.15) is 16.8 Å². The summed E-state index contributed by atoms with van der Waals surface area (Å²) in [4.78, 5) is 16.2. The van der Waals surface area contributed by atoms with Gasteiger partial charge in [-0.25, -0.2) is 14.4 Å². The van der Waals surface area contributed by atoms with Gasteiger partial charge in [-0.3, -0.25) is 9.97 Å². The zero-order valence-electron chi connectivity index (χ0n) is 17.8. The highest BCUT2D eigenvalue weighted by molar-refractivity contribution is 5.63. The number of rotatable bonds is 6. The van der Waals surface area contributed by atoms with Crippen LogP contribution < -0.4 is 5.32 Å². The third-order valence-corrected chi connectivity index (χ3v) is 4.70. The number of nitrogens with zero attached hydrogens (tertiary/aromatic N) is 6. The summed E-state index contributed by atoms with van der Waals surface area (Å²) in [5, 5.41) is 10.8. The molecule has 0 fully saturated rings. The van der Waals surface area contributed by atoms with Crippen LogP contribution in [0.25, 0.3) is 11.3 Å². The molecule has 0 spiro atoms. The van der Waals surface area contributed by atoms with Gasteiger partial charge in [0.2, 0.25) is 0 Å². The van der Waals surface area contributed by atoms with Crippen molar-refractivity contribution in [1.82, 2.24) is 19.9 Å². The first-order valence-corrected chi connectivity index (χ1v) is 10.00. The standard InChI is InChI=1S/C23H17F4N7/c1-14-10-28-8-7-19(14)21-20(24)13-30-22(33-21)34-31-12-17-5-6-18(11-29-17)32-16-4-2-3-15(9-16)23(25,26)27/h2-11,13,32H,12H2,1H3. The number of azo groups is 1. The second-order valence-electron chi connectivity index (χ2n) is 7.20. The molecule has 7 nitrogen and oxygen atoms in total. The van der Waals surface area contributed by atoms with Crippen LogP contribution in [0.2, 0.25) is 0 Å². The third kappa shape index (κ3) is 5.55. The third-order valence-electron chi connectivity index (χ3n) is 4.70. The molecule has 0 amide bonds. The average molecular weight is 467 g/mol. The maximum absolute atomic E-state index is 14.2. The zero-order chi connectivity index (χ0) is 24.1. The Bertz CT molecular complexity index is 1320. The van der Waals surface area contributed by atoms with Gasteiger partial charge in [-0.05, 0) is 48.9 Å². The number of hydrogen-bond donors (Lipinski definition) is 1. The zero-order valence-corrected chi connectivity index (χ0v) is 17.8. The lowest BCUT2D eigenvalue weighted by atomic mass is 10.1. The van der Waals surface area contributed by atoms with Crippen molar-refractivity contribution in [2.24, 2.45) is 10.2 Å². The SMILES string of the molecule is Cc1cnccc1-c1nc(N=NCc2ccc(Nc3cccc(C(F)(F)F)c3)cn2)ncc1F. The molecule has 172 valence electrons. The van der Waals surface area contributed by atoms with Gasteiger partial charge < -0.3 is 5.32 Å². The summed E-state index contributed by atoms with van der Waals surface area (Å²) >= 11 is 0. The highest BCUT2D eigenvalue weighted by Crippen LogP contribution is 2.31. The highest BCUT2D eigenvalue weighted by Gasteiger charge is 2.30. The summed E-state index contributed by atoms with van der Waals surface area (Å²) in [6.07, 6.45) is 1.24. The van der Waals surface area contributed by atoms with E-state index in [4.69, 9.17) is 0 Å². The Kier molecular flexibility index (Phi) is 6.53. The molecule has 0 saturated heterocycles.